The molecular formula is C20H24N2O3. The highest BCUT2D eigenvalue weighted by molar-refractivity contribution is 5.94. The minimum atomic E-state index is -0.194. The monoisotopic (exact) mass is 340 g/mol. The fourth-order valence-electron chi connectivity index (χ4n) is 3.01. The lowest BCUT2D eigenvalue weighted by molar-refractivity contribution is 0.0559. The van der Waals surface area contributed by atoms with Gasteiger partial charge in [-0.15, -0.1) is 0 Å². The Morgan fingerprint density at radius 3 is 2.92 bits per heavy atom. The van der Waals surface area contributed by atoms with Gasteiger partial charge in [-0.3, -0.25) is 0 Å². The van der Waals surface area contributed by atoms with Crippen LogP contribution >= 0.6 is 0 Å². The number of hydrogen-bond donors (Lipinski definition) is 2. The summed E-state index contributed by atoms with van der Waals surface area (Å²) < 4.78 is 10.7. The SMILES string of the molecule is COc1cccc(-c2ccccc2NC(=O)NCC2CCCOC2)c1. The summed E-state index contributed by atoms with van der Waals surface area (Å²) in [6.07, 6.45) is 2.16. The van der Waals surface area contributed by atoms with Gasteiger partial charge in [0.05, 0.1) is 19.4 Å². The summed E-state index contributed by atoms with van der Waals surface area (Å²) in [5, 5.41) is 5.90. The molecule has 1 saturated heterocycles. The number of carbonyl (C=O) groups is 1. The average molecular weight is 340 g/mol. The molecule has 1 aliphatic rings. The molecule has 1 aliphatic heterocycles. The standard InChI is InChI=1S/C20H24N2O3/c1-24-17-8-4-7-16(12-17)18-9-2-3-10-19(18)22-20(23)21-13-15-6-5-11-25-14-15/h2-4,7-10,12,15H,5-6,11,13-14H2,1H3,(H2,21,22,23). The number of urea groups is 1. The fraction of sp³-hybridized carbons (Fsp3) is 0.350. The van der Waals surface area contributed by atoms with Crippen LogP contribution in [0.4, 0.5) is 10.5 Å². The van der Waals surface area contributed by atoms with Gasteiger partial charge < -0.3 is 20.1 Å². The number of methoxy groups -OCH3 is 1. The lowest BCUT2D eigenvalue weighted by atomic mass is 10.0. The van der Waals surface area contributed by atoms with Crippen molar-refractivity contribution in [3.8, 4) is 16.9 Å². The van der Waals surface area contributed by atoms with E-state index in [2.05, 4.69) is 10.6 Å². The molecule has 2 aromatic carbocycles. The molecule has 0 radical (unpaired) electrons. The zero-order valence-electron chi connectivity index (χ0n) is 14.5. The Balaban J connectivity index is 1.66. The van der Waals surface area contributed by atoms with Crippen molar-refractivity contribution in [1.82, 2.24) is 5.32 Å². The minimum Gasteiger partial charge on any atom is -0.497 e. The number of anilines is 1. The third kappa shape index (κ3) is 4.73. The molecule has 0 saturated carbocycles. The van der Waals surface area contributed by atoms with Crippen molar-refractivity contribution in [3.63, 3.8) is 0 Å². The Bertz CT molecular complexity index is 712. The molecule has 25 heavy (non-hydrogen) atoms. The number of carbonyl (C=O) groups excluding carboxylic acids is 1. The van der Waals surface area contributed by atoms with Crippen LogP contribution in [0.2, 0.25) is 0 Å². The molecule has 5 heteroatoms. The maximum atomic E-state index is 12.3. The van der Waals surface area contributed by atoms with Gasteiger partial charge >= 0.3 is 6.03 Å². The van der Waals surface area contributed by atoms with Crippen LogP contribution in [-0.2, 0) is 4.74 Å². The Labute approximate surface area is 148 Å². The van der Waals surface area contributed by atoms with E-state index in [0.717, 1.165) is 48.6 Å². The summed E-state index contributed by atoms with van der Waals surface area (Å²) in [6.45, 7) is 2.18. The number of hydrogen-bond acceptors (Lipinski definition) is 3. The molecule has 3 rings (SSSR count). The highest BCUT2D eigenvalue weighted by Gasteiger charge is 2.15. The molecule has 2 aromatic rings. The zero-order valence-corrected chi connectivity index (χ0v) is 14.5. The van der Waals surface area contributed by atoms with Gasteiger partial charge in [-0.1, -0.05) is 30.3 Å². The summed E-state index contributed by atoms with van der Waals surface area (Å²) in [4.78, 5) is 12.3. The Morgan fingerprint density at radius 2 is 2.12 bits per heavy atom. The van der Waals surface area contributed by atoms with Crippen molar-refractivity contribution >= 4 is 11.7 Å². The molecule has 5 nitrogen and oxygen atoms in total. The van der Waals surface area contributed by atoms with Crippen LogP contribution in [-0.4, -0.2) is 32.9 Å². The molecule has 0 aliphatic carbocycles. The largest absolute Gasteiger partial charge is 0.497 e. The van der Waals surface area contributed by atoms with Crippen LogP contribution < -0.4 is 15.4 Å². The Hall–Kier alpha value is -2.53. The van der Waals surface area contributed by atoms with Gasteiger partial charge in [0, 0.05) is 18.7 Å². The van der Waals surface area contributed by atoms with E-state index in [0.29, 0.717) is 12.5 Å². The molecule has 0 aromatic heterocycles. The highest BCUT2D eigenvalue weighted by Crippen LogP contribution is 2.30. The molecule has 0 bridgehead atoms. The predicted octanol–water partition coefficient (Wildman–Crippen LogP) is 3.91. The Morgan fingerprint density at radius 1 is 1.24 bits per heavy atom. The quantitative estimate of drug-likeness (QED) is 0.867. The fourth-order valence-corrected chi connectivity index (χ4v) is 3.01. The lowest BCUT2D eigenvalue weighted by Gasteiger charge is -2.22. The summed E-state index contributed by atoms with van der Waals surface area (Å²) in [7, 11) is 1.64. The van der Waals surface area contributed by atoms with Crippen molar-refractivity contribution in [3.05, 3.63) is 48.5 Å². The first-order valence-electron chi connectivity index (χ1n) is 8.62. The number of ether oxygens (including phenoxy) is 2. The highest BCUT2D eigenvalue weighted by atomic mass is 16.5. The van der Waals surface area contributed by atoms with E-state index in [-0.39, 0.29) is 6.03 Å². The van der Waals surface area contributed by atoms with E-state index in [1.54, 1.807) is 7.11 Å². The molecule has 1 heterocycles. The second-order valence-corrected chi connectivity index (χ2v) is 6.20. The number of nitrogens with one attached hydrogen (secondary N) is 2. The van der Waals surface area contributed by atoms with E-state index < -0.39 is 0 Å². The van der Waals surface area contributed by atoms with Crippen molar-refractivity contribution in [1.29, 1.82) is 0 Å². The van der Waals surface area contributed by atoms with Gasteiger partial charge in [0.1, 0.15) is 5.75 Å². The molecule has 1 atom stereocenters. The number of amides is 2. The first-order chi connectivity index (χ1) is 12.3. The van der Waals surface area contributed by atoms with Gasteiger partial charge in [-0.25, -0.2) is 4.79 Å². The minimum absolute atomic E-state index is 0.194. The van der Waals surface area contributed by atoms with Gasteiger partial charge in [-0.2, -0.15) is 0 Å². The summed E-state index contributed by atoms with van der Waals surface area (Å²) in [5.41, 5.74) is 2.72. The van der Waals surface area contributed by atoms with E-state index in [1.165, 1.54) is 0 Å². The van der Waals surface area contributed by atoms with Crippen molar-refractivity contribution in [2.75, 3.05) is 32.2 Å². The lowest BCUT2D eigenvalue weighted by Crippen LogP contribution is -2.36. The second-order valence-electron chi connectivity index (χ2n) is 6.20. The first-order valence-corrected chi connectivity index (χ1v) is 8.62. The van der Waals surface area contributed by atoms with Crippen molar-refractivity contribution in [2.24, 2.45) is 5.92 Å². The maximum absolute atomic E-state index is 12.3. The summed E-state index contributed by atoms with van der Waals surface area (Å²) in [5.74, 6) is 1.18. The number of rotatable bonds is 5. The van der Waals surface area contributed by atoms with E-state index in [1.807, 2.05) is 48.5 Å². The third-order valence-corrected chi connectivity index (χ3v) is 4.36. The molecule has 2 amide bonds. The normalized spacial score (nSPS) is 16.9. The number of benzene rings is 2. The van der Waals surface area contributed by atoms with E-state index in [9.17, 15) is 4.79 Å². The summed E-state index contributed by atoms with van der Waals surface area (Å²) >= 11 is 0. The zero-order chi connectivity index (χ0) is 17.5. The maximum Gasteiger partial charge on any atom is 0.319 e. The van der Waals surface area contributed by atoms with Gasteiger partial charge in [0.2, 0.25) is 0 Å². The second kappa shape index (κ2) is 8.53. The van der Waals surface area contributed by atoms with Crippen LogP contribution in [0.15, 0.2) is 48.5 Å². The van der Waals surface area contributed by atoms with Crippen LogP contribution in [0, 0.1) is 5.92 Å². The van der Waals surface area contributed by atoms with E-state index in [4.69, 9.17) is 9.47 Å². The topological polar surface area (TPSA) is 59.6 Å². The number of para-hydroxylation sites is 1. The Kier molecular flexibility index (Phi) is 5.90. The molecule has 132 valence electrons. The van der Waals surface area contributed by atoms with Crippen LogP contribution in [0.1, 0.15) is 12.8 Å². The molecule has 0 spiro atoms. The average Bonchev–Trinajstić information content (AvgIpc) is 2.68. The molecule has 1 unspecified atom stereocenters. The summed E-state index contributed by atoms with van der Waals surface area (Å²) in [6, 6.07) is 15.4. The van der Waals surface area contributed by atoms with Gasteiger partial charge in [0.15, 0.2) is 0 Å². The van der Waals surface area contributed by atoms with Crippen molar-refractivity contribution in [2.45, 2.75) is 12.8 Å². The van der Waals surface area contributed by atoms with Crippen LogP contribution in [0.5, 0.6) is 5.75 Å². The third-order valence-electron chi connectivity index (χ3n) is 4.36. The van der Waals surface area contributed by atoms with Crippen LogP contribution in [0.25, 0.3) is 11.1 Å². The first kappa shape index (κ1) is 17.3. The molecule has 2 N–H and O–H groups in total. The molecule has 1 fully saturated rings. The van der Waals surface area contributed by atoms with Gasteiger partial charge in [-0.05, 0) is 42.5 Å². The van der Waals surface area contributed by atoms with Crippen molar-refractivity contribution < 1.29 is 14.3 Å². The van der Waals surface area contributed by atoms with Crippen LogP contribution in [0.3, 0.4) is 0 Å². The molecular weight excluding hydrogens is 316 g/mol. The van der Waals surface area contributed by atoms with Gasteiger partial charge in [0.25, 0.3) is 0 Å². The van der Waals surface area contributed by atoms with E-state index >= 15 is 0 Å². The smallest absolute Gasteiger partial charge is 0.319 e. The predicted molar refractivity (Wildman–Crippen MR) is 99.0 cm³/mol.